The topological polar surface area (TPSA) is 74.3 Å². The molecule has 7 nitrogen and oxygen atoms in total. The molecule has 0 atom stereocenters. The first-order valence-electron chi connectivity index (χ1n) is 9.05. The van der Waals surface area contributed by atoms with Crippen LogP contribution in [0, 0.1) is 6.92 Å². The van der Waals surface area contributed by atoms with Crippen molar-refractivity contribution >= 4 is 39.7 Å². The van der Waals surface area contributed by atoms with E-state index < -0.39 is 0 Å². The molecule has 0 spiro atoms. The average Bonchev–Trinajstić information content (AvgIpc) is 3.35. The van der Waals surface area contributed by atoms with E-state index in [-0.39, 0.29) is 12.2 Å². The smallest absolute Gasteiger partial charge is 0.258 e. The van der Waals surface area contributed by atoms with Crippen LogP contribution in [0.4, 0.5) is 0 Å². The van der Waals surface area contributed by atoms with E-state index in [2.05, 4.69) is 21.8 Å². The average molecular weight is 460 g/mol. The summed E-state index contributed by atoms with van der Waals surface area (Å²) in [7, 11) is 0. The van der Waals surface area contributed by atoms with Gasteiger partial charge < -0.3 is 4.74 Å². The van der Waals surface area contributed by atoms with Crippen LogP contribution in [-0.2, 0) is 18.9 Å². The van der Waals surface area contributed by atoms with E-state index in [9.17, 15) is 4.79 Å². The van der Waals surface area contributed by atoms with Crippen molar-refractivity contribution in [2.45, 2.75) is 31.0 Å². The van der Waals surface area contributed by atoms with Gasteiger partial charge in [0.2, 0.25) is 0 Å². The highest BCUT2D eigenvalue weighted by molar-refractivity contribution is 7.98. The number of nitrogens with zero attached hydrogens (tertiary/aromatic N) is 5. The zero-order valence-electron chi connectivity index (χ0n) is 16.1. The van der Waals surface area contributed by atoms with Gasteiger partial charge in [0.1, 0.15) is 12.4 Å². The van der Waals surface area contributed by atoms with Gasteiger partial charge in [-0.25, -0.2) is 4.98 Å². The fourth-order valence-corrected chi connectivity index (χ4v) is 4.52. The van der Waals surface area contributed by atoms with Gasteiger partial charge in [-0.15, -0.1) is 28.1 Å². The molecule has 10 heteroatoms. The lowest BCUT2D eigenvalue weighted by Gasteiger charge is -2.10. The second-order valence-corrected chi connectivity index (χ2v) is 8.65. The van der Waals surface area contributed by atoms with E-state index in [4.69, 9.17) is 16.3 Å². The lowest BCUT2D eigenvalue weighted by atomic mass is 10.2. The van der Waals surface area contributed by atoms with E-state index in [0.29, 0.717) is 44.7 Å². The van der Waals surface area contributed by atoms with E-state index >= 15 is 0 Å². The molecule has 0 aliphatic heterocycles. The molecule has 4 aromatic rings. The second-order valence-electron chi connectivity index (χ2n) is 6.43. The molecule has 0 bridgehead atoms. The maximum atomic E-state index is 12.2. The number of thioether (sulfide) groups is 1. The van der Waals surface area contributed by atoms with Gasteiger partial charge in [0.25, 0.3) is 5.56 Å². The van der Waals surface area contributed by atoms with Gasteiger partial charge in [0, 0.05) is 35.0 Å². The standard InChI is InChI=1S/C20H18ClN5O2S2/c1-3-6-25-17(11-28-15-4-5-16(21)13(2)9-15)23-24-20(25)30-12-14-10-18(27)26-7-8-29-19(26)22-14/h3-5,7-10H,1,6,11-12H2,2H3. The predicted octanol–water partition coefficient (Wildman–Crippen LogP) is 4.37. The Balaban J connectivity index is 1.49. The summed E-state index contributed by atoms with van der Waals surface area (Å²) >= 11 is 8.97. The van der Waals surface area contributed by atoms with E-state index in [1.165, 1.54) is 27.5 Å². The van der Waals surface area contributed by atoms with E-state index in [1.54, 1.807) is 18.3 Å². The largest absolute Gasteiger partial charge is 0.486 e. The molecule has 3 aromatic heterocycles. The van der Waals surface area contributed by atoms with Crippen molar-refractivity contribution < 1.29 is 4.74 Å². The summed E-state index contributed by atoms with van der Waals surface area (Å²) in [6.45, 7) is 6.56. The summed E-state index contributed by atoms with van der Waals surface area (Å²) in [6.07, 6.45) is 3.51. The Bertz CT molecular complexity index is 1260. The fraction of sp³-hybridized carbons (Fsp3) is 0.200. The van der Waals surface area contributed by atoms with Crippen LogP contribution < -0.4 is 10.3 Å². The summed E-state index contributed by atoms with van der Waals surface area (Å²) in [5.74, 6) is 1.91. The van der Waals surface area contributed by atoms with Crippen LogP contribution in [0.25, 0.3) is 4.96 Å². The normalized spacial score (nSPS) is 11.1. The van der Waals surface area contributed by atoms with Crippen LogP contribution in [0.2, 0.25) is 5.02 Å². The molecule has 1 aromatic carbocycles. The van der Waals surface area contributed by atoms with Crippen molar-refractivity contribution in [3.63, 3.8) is 0 Å². The first-order valence-corrected chi connectivity index (χ1v) is 11.3. The Morgan fingerprint density at radius 2 is 2.20 bits per heavy atom. The number of hydrogen-bond acceptors (Lipinski definition) is 7. The Labute approximate surface area is 186 Å². The Kier molecular flexibility index (Phi) is 6.21. The molecular weight excluding hydrogens is 442 g/mol. The van der Waals surface area contributed by atoms with Gasteiger partial charge in [-0.1, -0.05) is 29.4 Å². The SMILES string of the molecule is C=CCn1c(COc2ccc(Cl)c(C)c2)nnc1SCc1cc(=O)n2ccsc2n1. The first kappa shape index (κ1) is 20.6. The van der Waals surface area contributed by atoms with Crippen LogP contribution in [0.3, 0.4) is 0 Å². The van der Waals surface area contributed by atoms with Crippen LogP contribution in [0.1, 0.15) is 17.1 Å². The molecule has 0 aliphatic rings. The molecule has 0 radical (unpaired) electrons. The number of benzene rings is 1. The minimum absolute atomic E-state index is 0.0863. The minimum Gasteiger partial charge on any atom is -0.486 e. The maximum absolute atomic E-state index is 12.2. The molecule has 0 unspecified atom stereocenters. The Morgan fingerprint density at radius 3 is 3.00 bits per heavy atom. The summed E-state index contributed by atoms with van der Waals surface area (Å²) < 4.78 is 9.34. The fourth-order valence-electron chi connectivity index (χ4n) is 2.80. The predicted molar refractivity (Wildman–Crippen MR) is 120 cm³/mol. The lowest BCUT2D eigenvalue weighted by molar-refractivity contribution is 0.289. The lowest BCUT2D eigenvalue weighted by Crippen LogP contribution is -2.12. The molecule has 0 N–H and O–H groups in total. The van der Waals surface area contributed by atoms with Gasteiger partial charge in [0.15, 0.2) is 15.9 Å². The summed E-state index contributed by atoms with van der Waals surface area (Å²) in [5, 5.41) is 11.8. The maximum Gasteiger partial charge on any atom is 0.258 e. The number of rotatable bonds is 8. The molecule has 154 valence electrons. The van der Waals surface area contributed by atoms with Gasteiger partial charge in [0.05, 0.1) is 5.69 Å². The van der Waals surface area contributed by atoms with Gasteiger partial charge >= 0.3 is 0 Å². The van der Waals surface area contributed by atoms with E-state index in [0.717, 1.165) is 5.56 Å². The van der Waals surface area contributed by atoms with Crippen molar-refractivity contribution in [1.82, 2.24) is 24.1 Å². The van der Waals surface area contributed by atoms with Crippen LogP contribution in [0.15, 0.2) is 58.4 Å². The third-order valence-electron chi connectivity index (χ3n) is 4.31. The van der Waals surface area contributed by atoms with Crippen molar-refractivity contribution in [2.24, 2.45) is 0 Å². The van der Waals surface area contributed by atoms with E-state index in [1.807, 2.05) is 35.1 Å². The van der Waals surface area contributed by atoms with Crippen LogP contribution in [-0.4, -0.2) is 24.1 Å². The number of allylic oxidation sites excluding steroid dienone is 1. The van der Waals surface area contributed by atoms with Crippen LogP contribution in [0.5, 0.6) is 5.75 Å². The Morgan fingerprint density at radius 1 is 1.33 bits per heavy atom. The van der Waals surface area contributed by atoms with Gasteiger partial charge in [-0.2, -0.15) is 0 Å². The zero-order valence-corrected chi connectivity index (χ0v) is 18.5. The molecule has 0 fully saturated rings. The first-order chi connectivity index (χ1) is 14.5. The van der Waals surface area contributed by atoms with Gasteiger partial charge in [-0.05, 0) is 30.7 Å². The Hall–Kier alpha value is -2.62. The zero-order chi connectivity index (χ0) is 21.1. The number of thiazole rings is 1. The highest BCUT2D eigenvalue weighted by atomic mass is 35.5. The molecule has 0 saturated carbocycles. The number of ether oxygens (including phenoxy) is 1. The van der Waals surface area contributed by atoms with Crippen LogP contribution >= 0.6 is 34.7 Å². The van der Waals surface area contributed by atoms with Crippen molar-refractivity contribution in [3.05, 3.63) is 81.0 Å². The third kappa shape index (κ3) is 4.43. The molecule has 0 amide bonds. The molecule has 3 heterocycles. The van der Waals surface area contributed by atoms with Gasteiger partial charge in [-0.3, -0.25) is 13.8 Å². The number of halogens is 1. The summed E-state index contributed by atoms with van der Waals surface area (Å²) in [4.78, 5) is 17.4. The van der Waals surface area contributed by atoms with Crippen molar-refractivity contribution in [2.75, 3.05) is 0 Å². The number of aryl methyl sites for hydroxylation is 1. The quantitative estimate of drug-likeness (QED) is 0.288. The number of fused-ring (bicyclic) bond motifs is 1. The monoisotopic (exact) mass is 459 g/mol. The van der Waals surface area contributed by atoms with Crippen molar-refractivity contribution in [1.29, 1.82) is 0 Å². The highest BCUT2D eigenvalue weighted by Gasteiger charge is 2.14. The summed E-state index contributed by atoms with van der Waals surface area (Å²) in [6, 6.07) is 7.07. The molecular formula is C20H18ClN5O2S2. The van der Waals surface area contributed by atoms with Crippen molar-refractivity contribution in [3.8, 4) is 5.75 Å². The number of aromatic nitrogens is 5. The number of hydrogen-bond donors (Lipinski definition) is 0. The minimum atomic E-state index is -0.0863. The molecule has 30 heavy (non-hydrogen) atoms. The highest BCUT2D eigenvalue weighted by Crippen LogP contribution is 2.24. The molecule has 0 saturated heterocycles. The summed E-state index contributed by atoms with van der Waals surface area (Å²) in [5.41, 5.74) is 1.57. The molecule has 4 rings (SSSR count). The second kappa shape index (κ2) is 9.03. The third-order valence-corrected chi connectivity index (χ3v) is 6.49. The molecule has 0 aliphatic carbocycles.